The molecule has 0 fully saturated rings. The normalized spacial score (nSPS) is 12.1. The molecule has 2 heterocycles. The molecule has 6 heteroatoms. The maximum Gasteiger partial charge on any atom is 0.405 e. The van der Waals surface area contributed by atoms with Crippen LogP contribution in [0.5, 0.6) is 0 Å². The Morgan fingerprint density at radius 1 is 1.44 bits per heavy atom. The van der Waals surface area contributed by atoms with Gasteiger partial charge in [-0.2, -0.15) is 5.10 Å². The van der Waals surface area contributed by atoms with Crippen LogP contribution in [0.1, 0.15) is 24.2 Å². The number of carbonyl (C=O) groups is 1. The lowest BCUT2D eigenvalue weighted by molar-refractivity contribution is 0.116. The van der Waals surface area contributed by atoms with E-state index in [1.807, 2.05) is 25.3 Å². The van der Waals surface area contributed by atoms with Gasteiger partial charge in [0, 0.05) is 18.0 Å². The van der Waals surface area contributed by atoms with Crippen LogP contribution in [0.15, 0.2) is 30.7 Å². The molecule has 0 aliphatic carbocycles. The zero-order chi connectivity index (χ0) is 13.1. The number of aromatic nitrogens is 3. The highest BCUT2D eigenvalue weighted by Gasteiger charge is 2.09. The predicted molar refractivity (Wildman–Crippen MR) is 65.2 cm³/mol. The lowest BCUT2D eigenvalue weighted by Crippen LogP contribution is -2.15. The molecule has 0 aliphatic rings. The van der Waals surface area contributed by atoms with Gasteiger partial charge >= 0.3 is 6.09 Å². The summed E-state index contributed by atoms with van der Waals surface area (Å²) in [5, 5.41) is 4.16. The standard InChI is InChI=1S/C12H14N4O2/c1-8-5-15-16(7-8)11-4-3-10(6-14-11)9(2)18-12(13)17/h3-7,9H,1-2H3,(H2,13,17). The molecular formula is C12H14N4O2. The van der Waals surface area contributed by atoms with Crippen molar-refractivity contribution in [3.05, 3.63) is 41.9 Å². The Labute approximate surface area is 104 Å². The first-order chi connectivity index (χ1) is 8.56. The predicted octanol–water partition coefficient (Wildman–Crippen LogP) is 1.73. The van der Waals surface area contributed by atoms with Crippen molar-refractivity contribution in [2.75, 3.05) is 0 Å². The number of nitrogens with zero attached hydrogens (tertiary/aromatic N) is 3. The van der Waals surface area contributed by atoms with Gasteiger partial charge in [0.25, 0.3) is 0 Å². The monoisotopic (exact) mass is 246 g/mol. The number of nitrogens with two attached hydrogens (primary N) is 1. The Kier molecular flexibility index (Phi) is 3.27. The van der Waals surface area contributed by atoms with Gasteiger partial charge < -0.3 is 10.5 Å². The second-order valence-electron chi connectivity index (χ2n) is 3.99. The highest BCUT2D eigenvalue weighted by Crippen LogP contribution is 2.16. The number of aryl methyl sites for hydroxylation is 1. The molecule has 2 rings (SSSR count). The van der Waals surface area contributed by atoms with E-state index in [9.17, 15) is 4.79 Å². The fourth-order valence-electron chi connectivity index (χ4n) is 1.55. The molecule has 0 saturated heterocycles. The van der Waals surface area contributed by atoms with Crippen LogP contribution >= 0.6 is 0 Å². The van der Waals surface area contributed by atoms with Crippen molar-refractivity contribution in [3.63, 3.8) is 0 Å². The number of hydrogen-bond donors (Lipinski definition) is 1. The van der Waals surface area contributed by atoms with E-state index in [1.54, 1.807) is 24.0 Å². The SMILES string of the molecule is Cc1cnn(-c2ccc(C(C)OC(N)=O)cn2)c1. The molecular weight excluding hydrogens is 232 g/mol. The number of pyridine rings is 1. The Bertz CT molecular complexity index is 547. The van der Waals surface area contributed by atoms with Crippen LogP contribution in [0.4, 0.5) is 4.79 Å². The van der Waals surface area contributed by atoms with E-state index in [2.05, 4.69) is 10.1 Å². The van der Waals surface area contributed by atoms with E-state index in [0.29, 0.717) is 5.82 Å². The molecule has 0 aliphatic heterocycles. The number of ether oxygens (including phenoxy) is 1. The lowest BCUT2D eigenvalue weighted by atomic mass is 10.2. The van der Waals surface area contributed by atoms with Crippen molar-refractivity contribution in [2.24, 2.45) is 5.73 Å². The summed E-state index contributed by atoms with van der Waals surface area (Å²) in [5.41, 5.74) is 6.80. The van der Waals surface area contributed by atoms with Crippen LogP contribution in [0.2, 0.25) is 0 Å². The van der Waals surface area contributed by atoms with Crippen molar-refractivity contribution < 1.29 is 9.53 Å². The van der Waals surface area contributed by atoms with Gasteiger partial charge in [0.15, 0.2) is 5.82 Å². The summed E-state index contributed by atoms with van der Waals surface area (Å²) in [7, 11) is 0. The van der Waals surface area contributed by atoms with Gasteiger partial charge in [0.1, 0.15) is 6.10 Å². The van der Waals surface area contributed by atoms with E-state index in [4.69, 9.17) is 10.5 Å². The van der Waals surface area contributed by atoms with Crippen LogP contribution in [0, 0.1) is 6.92 Å². The third-order valence-corrected chi connectivity index (χ3v) is 2.48. The summed E-state index contributed by atoms with van der Waals surface area (Å²) >= 11 is 0. The minimum Gasteiger partial charge on any atom is -0.442 e. The van der Waals surface area contributed by atoms with E-state index < -0.39 is 12.2 Å². The first-order valence-electron chi connectivity index (χ1n) is 5.50. The molecule has 2 aromatic heterocycles. The average molecular weight is 246 g/mol. The molecule has 0 saturated carbocycles. The van der Waals surface area contributed by atoms with Crippen molar-refractivity contribution >= 4 is 6.09 Å². The third kappa shape index (κ3) is 2.65. The van der Waals surface area contributed by atoms with E-state index in [0.717, 1.165) is 11.1 Å². The molecule has 2 N–H and O–H groups in total. The maximum absolute atomic E-state index is 10.6. The number of primary amides is 1. The van der Waals surface area contributed by atoms with Gasteiger partial charge in [-0.1, -0.05) is 6.07 Å². The van der Waals surface area contributed by atoms with Crippen LogP contribution in [-0.2, 0) is 4.74 Å². The van der Waals surface area contributed by atoms with Gasteiger partial charge in [-0.25, -0.2) is 14.5 Å². The second-order valence-corrected chi connectivity index (χ2v) is 3.99. The highest BCUT2D eigenvalue weighted by molar-refractivity contribution is 5.64. The molecule has 0 bridgehead atoms. The number of carbonyl (C=O) groups excluding carboxylic acids is 1. The molecule has 2 aromatic rings. The molecule has 0 aromatic carbocycles. The summed E-state index contributed by atoms with van der Waals surface area (Å²) in [6, 6.07) is 3.63. The summed E-state index contributed by atoms with van der Waals surface area (Å²) in [6.45, 7) is 3.69. The molecule has 1 amide bonds. The summed E-state index contributed by atoms with van der Waals surface area (Å²) in [6.07, 6.45) is 4.07. The molecule has 1 unspecified atom stereocenters. The van der Waals surface area contributed by atoms with Crippen molar-refractivity contribution in [1.29, 1.82) is 0 Å². The fraction of sp³-hybridized carbons (Fsp3) is 0.250. The van der Waals surface area contributed by atoms with Crippen molar-refractivity contribution in [1.82, 2.24) is 14.8 Å². The fourth-order valence-corrected chi connectivity index (χ4v) is 1.55. The molecule has 18 heavy (non-hydrogen) atoms. The van der Waals surface area contributed by atoms with E-state index in [1.165, 1.54) is 0 Å². The van der Waals surface area contributed by atoms with Gasteiger partial charge in [-0.3, -0.25) is 0 Å². The Morgan fingerprint density at radius 3 is 2.72 bits per heavy atom. The van der Waals surface area contributed by atoms with E-state index in [-0.39, 0.29) is 0 Å². The number of amides is 1. The highest BCUT2D eigenvalue weighted by atomic mass is 16.6. The van der Waals surface area contributed by atoms with Crippen LogP contribution in [-0.4, -0.2) is 20.9 Å². The summed E-state index contributed by atoms with van der Waals surface area (Å²) in [5.74, 6) is 0.707. The Morgan fingerprint density at radius 2 is 2.22 bits per heavy atom. The minimum absolute atomic E-state index is 0.414. The maximum atomic E-state index is 10.6. The van der Waals surface area contributed by atoms with Crippen LogP contribution < -0.4 is 5.73 Å². The molecule has 94 valence electrons. The summed E-state index contributed by atoms with van der Waals surface area (Å²) in [4.78, 5) is 14.9. The topological polar surface area (TPSA) is 83.0 Å². The molecule has 6 nitrogen and oxygen atoms in total. The van der Waals surface area contributed by atoms with Crippen LogP contribution in [0.25, 0.3) is 5.82 Å². The Hall–Kier alpha value is -2.37. The first-order valence-corrected chi connectivity index (χ1v) is 5.50. The Balaban J connectivity index is 2.17. The van der Waals surface area contributed by atoms with E-state index >= 15 is 0 Å². The summed E-state index contributed by atoms with van der Waals surface area (Å²) < 4.78 is 6.54. The molecule has 0 spiro atoms. The average Bonchev–Trinajstić information content (AvgIpc) is 2.75. The van der Waals surface area contributed by atoms with Gasteiger partial charge in [0.2, 0.25) is 0 Å². The smallest absolute Gasteiger partial charge is 0.405 e. The van der Waals surface area contributed by atoms with Gasteiger partial charge in [-0.05, 0) is 25.5 Å². The number of rotatable bonds is 3. The van der Waals surface area contributed by atoms with Crippen LogP contribution in [0.3, 0.4) is 0 Å². The molecule has 1 atom stereocenters. The van der Waals surface area contributed by atoms with Gasteiger partial charge in [-0.15, -0.1) is 0 Å². The largest absolute Gasteiger partial charge is 0.442 e. The lowest BCUT2D eigenvalue weighted by Gasteiger charge is -2.11. The number of hydrogen-bond acceptors (Lipinski definition) is 4. The third-order valence-electron chi connectivity index (χ3n) is 2.48. The zero-order valence-electron chi connectivity index (χ0n) is 10.2. The quantitative estimate of drug-likeness (QED) is 0.894. The minimum atomic E-state index is -0.797. The molecule has 0 radical (unpaired) electrons. The van der Waals surface area contributed by atoms with Crippen molar-refractivity contribution in [2.45, 2.75) is 20.0 Å². The second kappa shape index (κ2) is 4.87. The van der Waals surface area contributed by atoms with Crippen molar-refractivity contribution in [3.8, 4) is 5.82 Å². The zero-order valence-corrected chi connectivity index (χ0v) is 10.2. The first kappa shape index (κ1) is 12.1. The van der Waals surface area contributed by atoms with Gasteiger partial charge in [0.05, 0.1) is 6.20 Å².